The molecule has 0 fully saturated rings. The first-order valence-corrected chi connectivity index (χ1v) is 5.75. The molecule has 1 aliphatic carbocycles. The maximum Gasteiger partial charge on any atom is 0.164 e. The van der Waals surface area contributed by atoms with Crippen LogP contribution in [0, 0.1) is 5.82 Å². The maximum atomic E-state index is 13.9. The Hall–Kier alpha value is -1.70. The molecule has 86 valence electrons. The van der Waals surface area contributed by atoms with Crippen LogP contribution in [-0.4, -0.2) is 5.78 Å². The maximum absolute atomic E-state index is 13.9. The number of carbonyl (C=O) groups is 1. The highest BCUT2D eigenvalue weighted by molar-refractivity contribution is 6.07. The lowest BCUT2D eigenvalue weighted by atomic mass is 9.83. The molecule has 0 saturated carbocycles. The molecule has 1 aliphatic rings. The fraction of sp³-hybridized carbons (Fsp3) is 0.267. The van der Waals surface area contributed by atoms with Gasteiger partial charge in [-0.3, -0.25) is 4.79 Å². The molecule has 0 aromatic heterocycles. The van der Waals surface area contributed by atoms with Crippen LogP contribution in [-0.2, 0) is 5.41 Å². The molecule has 0 bridgehead atoms. The number of benzene rings is 2. The zero-order valence-corrected chi connectivity index (χ0v) is 9.88. The third-order valence-electron chi connectivity index (χ3n) is 3.57. The minimum absolute atomic E-state index is 0.0506. The summed E-state index contributed by atoms with van der Waals surface area (Å²) in [5.74, 6) is -0.250. The number of hydrogen-bond acceptors (Lipinski definition) is 1. The summed E-state index contributed by atoms with van der Waals surface area (Å²) in [6.45, 7) is 4.09. The summed E-state index contributed by atoms with van der Waals surface area (Å²) in [6, 6.07) is 8.78. The lowest BCUT2D eigenvalue weighted by Crippen LogP contribution is -2.13. The Labute approximate surface area is 99.3 Å². The summed E-state index contributed by atoms with van der Waals surface area (Å²) in [5.41, 5.74) is 1.37. The fourth-order valence-electron chi connectivity index (χ4n) is 2.87. The van der Waals surface area contributed by atoms with Crippen molar-refractivity contribution in [2.75, 3.05) is 0 Å². The Balaban J connectivity index is 2.51. The van der Waals surface area contributed by atoms with E-state index in [0.29, 0.717) is 17.4 Å². The molecule has 0 atom stereocenters. The molecule has 2 heteroatoms. The van der Waals surface area contributed by atoms with Gasteiger partial charge in [-0.05, 0) is 22.4 Å². The number of Topliss-reactive ketones (excluding diaryl/α,β-unsaturated/α-hetero) is 1. The lowest BCUT2D eigenvalue weighted by molar-refractivity contribution is 0.0979. The third kappa shape index (κ3) is 1.33. The van der Waals surface area contributed by atoms with E-state index in [9.17, 15) is 9.18 Å². The van der Waals surface area contributed by atoms with Crippen LogP contribution in [0.5, 0.6) is 0 Å². The van der Waals surface area contributed by atoms with Gasteiger partial charge in [0.05, 0.1) is 0 Å². The van der Waals surface area contributed by atoms with Crippen molar-refractivity contribution < 1.29 is 9.18 Å². The van der Waals surface area contributed by atoms with Crippen LogP contribution >= 0.6 is 0 Å². The van der Waals surface area contributed by atoms with Crippen LogP contribution in [0.3, 0.4) is 0 Å². The van der Waals surface area contributed by atoms with Crippen molar-refractivity contribution in [1.29, 1.82) is 0 Å². The van der Waals surface area contributed by atoms with E-state index in [1.807, 2.05) is 32.0 Å². The minimum Gasteiger partial charge on any atom is -0.294 e. The van der Waals surface area contributed by atoms with Gasteiger partial charge in [-0.15, -0.1) is 0 Å². The number of fused-ring (bicyclic) bond motifs is 3. The van der Waals surface area contributed by atoms with Gasteiger partial charge in [0.2, 0.25) is 0 Å². The van der Waals surface area contributed by atoms with Crippen LogP contribution in [0.1, 0.15) is 36.2 Å². The number of rotatable bonds is 0. The number of hydrogen-bond donors (Lipinski definition) is 0. The van der Waals surface area contributed by atoms with E-state index in [-0.39, 0.29) is 17.0 Å². The average molecular weight is 228 g/mol. The van der Waals surface area contributed by atoms with Crippen molar-refractivity contribution in [2.24, 2.45) is 0 Å². The van der Waals surface area contributed by atoms with Gasteiger partial charge in [0.15, 0.2) is 5.78 Å². The van der Waals surface area contributed by atoms with E-state index in [1.54, 1.807) is 6.07 Å². The summed E-state index contributed by atoms with van der Waals surface area (Å²) in [7, 11) is 0. The standard InChI is InChI=1S/C15H13FO/c1-15(2)8-13(17)11-7-12(16)9-5-3-4-6-10(9)14(11)15/h3-7H,8H2,1-2H3. The van der Waals surface area contributed by atoms with Gasteiger partial charge < -0.3 is 0 Å². The van der Waals surface area contributed by atoms with Gasteiger partial charge >= 0.3 is 0 Å². The Morgan fingerprint density at radius 3 is 2.53 bits per heavy atom. The van der Waals surface area contributed by atoms with Crippen molar-refractivity contribution in [1.82, 2.24) is 0 Å². The summed E-state index contributed by atoms with van der Waals surface area (Å²) in [5, 5.41) is 1.48. The molecule has 2 aromatic rings. The molecule has 3 rings (SSSR count). The molecule has 2 aromatic carbocycles. The van der Waals surface area contributed by atoms with Crippen molar-refractivity contribution >= 4 is 16.6 Å². The van der Waals surface area contributed by atoms with Gasteiger partial charge in [-0.2, -0.15) is 0 Å². The topological polar surface area (TPSA) is 17.1 Å². The van der Waals surface area contributed by atoms with Gasteiger partial charge in [-0.25, -0.2) is 4.39 Å². The molecule has 0 aliphatic heterocycles. The highest BCUT2D eigenvalue weighted by Gasteiger charge is 2.37. The van der Waals surface area contributed by atoms with Crippen LogP contribution in [0.25, 0.3) is 10.8 Å². The first-order chi connectivity index (χ1) is 8.00. The Bertz CT molecular complexity index is 641. The van der Waals surface area contributed by atoms with Gasteiger partial charge in [-0.1, -0.05) is 38.1 Å². The number of ketones is 1. The molecular weight excluding hydrogens is 215 g/mol. The summed E-state index contributed by atoms with van der Waals surface area (Å²) >= 11 is 0. The smallest absolute Gasteiger partial charge is 0.164 e. The minimum atomic E-state index is -0.301. The molecule has 0 amide bonds. The van der Waals surface area contributed by atoms with Crippen LogP contribution in [0.2, 0.25) is 0 Å². The van der Waals surface area contributed by atoms with Crippen molar-refractivity contribution in [3.05, 3.63) is 47.3 Å². The molecular formula is C15H13FO. The van der Waals surface area contributed by atoms with Gasteiger partial charge in [0.1, 0.15) is 5.82 Å². The number of carbonyl (C=O) groups excluding carboxylic acids is 1. The SMILES string of the molecule is CC1(C)CC(=O)c2cc(F)c3ccccc3c21. The lowest BCUT2D eigenvalue weighted by Gasteiger charge is -2.20. The molecule has 0 saturated heterocycles. The summed E-state index contributed by atoms with van der Waals surface area (Å²) in [6.07, 6.45) is 0.468. The Morgan fingerprint density at radius 1 is 1.18 bits per heavy atom. The van der Waals surface area contributed by atoms with Crippen molar-refractivity contribution in [2.45, 2.75) is 25.7 Å². The van der Waals surface area contributed by atoms with Crippen molar-refractivity contribution in [3.8, 4) is 0 Å². The van der Waals surface area contributed by atoms with Crippen LogP contribution < -0.4 is 0 Å². The zero-order chi connectivity index (χ0) is 12.2. The predicted octanol–water partition coefficient (Wildman–Crippen LogP) is 3.84. The largest absolute Gasteiger partial charge is 0.294 e. The van der Waals surface area contributed by atoms with Crippen molar-refractivity contribution in [3.63, 3.8) is 0 Å². The second kappa shape index (κ2) is 3.16. The molecule has 0 heterocycles. The van der Waals surface area contributed by atoms with E-state index < -0.39 is 0 Å². The third-order valence-corrected chi connectivity index (χ3v) is 3.57. The molecule has 17 heavy (non-hydrogen) atoms. The Morgan fingerprint density at radius 2 is 1.82 bits per heavy atom. The van der Waals surface area contributed by atoms with E-state index in [1.165, 1.54) is 6.07 Å². The predicted molar refractivity (Wildman–Crippen MR) is 65.9 cm³/mol. The fourth-order valence-corrected chi connectivity index (χ4v) is 2.87. The number of halogens is 1. The Kier molecular flexibility index (Phi) is 1.94. The normalized spacial score (nSPS) is 17.5. The summed E-state index contributed by atoms with van der Waals surface area (Å²) in [4.78, 5) is 11.9. The van der Waals surface area contributed by atoms with E-state index in [0.717, 1.165) is 10.9 Å². The highest BCUT2D eigenvalue weighted by atomic mass is 19.1. The monoisotopic (exact) mass is 228 g/mol. The second-order valence-corrected chi connectivity index (χ2v) is 5.31. The quantitative estimate of drug-likeness (QED) is 0.669. The van der Waals surface area contributed by atoms with Gasteiger partial charge in [0, 0.05) is 17.4 Å². The first kappa shape index (κ1) is 10.5. The van der Waals surface area contributed by atoms with Gasteiger partial charge in [0.25, 0.3) is 0 Å². The summed E-state index contributed by atoms with van der Waals surface area (Å²) < 4.78 is 13.9. The first-order valence-electron chi connectivity index (χ1n) is 5.75. The molecule has 0 spiro atoms. The molecule has 0 unspecified atom stereocenters. The van der Waals surface area contributed by atoms with E-state index in [2.05, 4.69) is 0 Å². The van der Waals surface area contributed by atoms with E-state index >= 15 is 0 Å². The van der Waals surface area contributed by atoms with E-state index in [4.69, 9.17) is 0 Å². The second-order valence-electron chi connectivity index (χ2n) is 5.31. The average Bonchev–Trinajstić information content (AvgIpc) is 2.49. The van der Waals surface area contributed by atoms with Crippen LogP contribution in [0.15, 0.2) is 30.3 Å². The highest BCUT2D eigenvalue weighted by Crippen LogP contribution is 2.43. The zero-order valence-electron chi connectivity index (χ0n) is 9.88. The van der Waals surface area contributed by atoms with Crippen LogP contribution in [0.4, 0.5) is 4.39 Å². The molecule has 1 nitrogen and oxygen atoms in total. The molecule has 0 radical (unpaired) electrons. The molecule has 0 N–H and O–H groups in total.